The largest absolute Gasteiger partial charge is 0.331 e. The summed E-state index contributed by atoms with van der Waals surface area (Å²) in [5.41, 5.74) is 5.51. The van der Waals surface area contributed by atoms with Crippen LogP contribution in [0.25, 0.3) is 0 Å². The van der Waals surface area contributed by atoms with Gasteiger partial charge < -0.3 is 5.43 Å². The van der Waals surface area contributed by atoms with Gasteiger partial charge in [0.25, 0.3) is 0 Å². The molecule has 88 valence electrons. The lowest BCUT2D eigenvalue weighted by atomic mass is 9.73. The zero-order chi connectivity index (χ0) is 12.3. The highest BCUT2D eigenvalue weighted by Crippen LogP contribution is 2.39. The third-order valence-corrected chi connectivity index (χ3v) is 2.42. The summed E-state index contributed by atoms with van der Waals surface area (Å²) in [6.45, 7) is 15.3. The molecule has 0 atom stereocenters. The summed E-state index contributed by atoms with van der Waals surface area (Å²) in [6.07, 6.45) is 4.08. The van der Waals surface area contributed by atoms with E-state index in [1.54, 1.807) is 0 Å². The Hall–Kier alpha value is -0.760. The van der Waals surface area contributed by atoms with E-state index in [0.29, 0.717) is 0 Å². The molecule has 0 heterocycles. The first-order valence-corrected chi connectivity index (χ1v) is 5.48. The number of allylic oxidation sites excluding steroid dienone is 3. The second-order valence-corrected chi connectivity index (χ2v) is 5.93. The molecule has 15 heavy (non-hydrogen) atoms. The van der Waals surface area contributed by atoms with Crippen LogP contribution in [-0.2, 0) is 0 Å². The van der Waals surface area contributed by atoms with Crippen molar-refractivity contribution in [1.29, 1.82) is 0 Å². The smallest absolute Gasteiger partial charge is 0.0163 e. The van der Waals surface area contributed by atoms with Crippen molar-refractivity contribution in [2.45, 2.75) is 48.5 Å². The zero-order valence-corrected chi connectivity index (χ0v) is 11.2. The molecule has 0 rings (SSSR count). The molecule has 0 saturated carbocycles. The summed E-state index contributed by atoms with van der Waals surface area (Å²) >= 11 is 0. The third-order valence-electron chi connectivity index (χ3n) is 2.42. The zero-order valence-electron chi connectivity index (χ0n) is 11.2. The molecule has 0 fully saturated rings. The first-order valence-electron chi connectivity index (χ1n) is 5.48. The molecule has 3 N–H and O–H groups in total. The Morgan fingerprint density at radius 1 is 0.933 bits per heavy atom. The number of hydrazine groups is 1. The standard InChI is InChI=1S/C13H26N2/c1-8-10(12(2,3)4)11(9-15-14)13(5,6)7/h8-9,15H,14H2,1-7H3/b10-8+,11-9+. The molecule has 0 aliphatic rings. The van der Waals surface area contributed by atoms with Crippen molar-refractivity contribution in [3.05, 3.63) is 23.4 Å². The van der Waals surface area contributed by atoms with Crippen LogP contribution in [0.3, 0.4) is 0 Å². The van der Waals surface area contributed by atoms with Crippen molar-refractivity contribution >= 4 is 0 Å². The highest BCUT2D eigenvalue weighted by molar-refractivity contribution is 5.38. The molecule has 0 saturated heterocycles. The van der Waals surface area contributed by atoms with Gasteiger partial charge >= 0.3 is 0 Å². The summed E-state index contributed by atoms with van der Waals surface area (Å²) in [5, 5.41) is 0. The van der Waals surface area contributed by atoms with Crippen molar-refractivity contribution < 1.29 is 0 Å². The molecule has 2 heteroatoms. The molecule has 0 aliphatic carbocycles. The predicted octanol–water partition coefficient (Wildman–Crippen LogP) is 3.37. The van der Waals surface area contributed by atoms with Gasteiger partial charge in [-0.1, -0.05) is 47.6 Å². The second kappa shape index (κ2) is 4.84. The molecule has 0 amide bonds. The topological polar surface area (TPSA) is 38.0 Å². The van der Waals surface area contributed by atoms with Crippen LogP contribution in [0.5, 0.6) is 0 Å². The van der Waals surface area contributed by atoms with E-state index in [4.69, 9.17) is 5.84 Å². The summed E-state index contributed by atoms with van der Waals surface area (Å²) in [7, 11) is 0. The normalized spacial score (nSPS) is 15.5. The molecule has 0 aromatic carbocycles. The molecule has 0 unspecified atom stereocenters. The first kappa shape index (κ1) is 14.2. The average molecular weight is 210 g/mol. The van der Waals surface area contributed by atoms with Gasteiger partial charge in [0.1, 0.15) is 0 Å². The molecule has 0 aliphatic heterocycles. The second-order valence-electron chi connectivity index (χ2n) is 5.93. The Labute approximate surface area is 94.6 Å². The molecule has 0 bridgehead atoms. The molecular formula is C13H26N2. The van der Waals surface area contributed by atoms with Crippen molar-refractivity contribution in [3.8, 4) is 0 Å². The lowest BCUT2D eigenvalue weighted by Crippen LogP contribution is -2.24. The SMILES string of the molecule is C/C=C(\C(=C/NN)C(C)(C)C)C(C)(C)C. The summed E-state index contributed by atoms with van der Waals surface area (Å²) in [4.78, 5) is 0. The maximum atomic E-state index is 5.41. The van der Waals surface area contributed by atoms with Crippen LogP contribution < -0.4 is 11.3 Å². The Bertz CT molecular complexity index is 259. The minimum Gasteiger partial charge on any atom is -0.331 e. The van der Waals surface area contributed by atoms with Crippen molar-refractivity contribution in [1.82, 2.24) is 5.43 Å². The number of nitrogens with one attached hydrogen (secondary N) is 1. The Kier molecular flexibility index (Phi) is 4.60. The summed E-state index contributed by atoms with van der Waals surface area (Å²) < 4.78 is 0. The van der Waals surface area contributed by atoms with Crippen LogP contribution >= 0.6 is 0 Å². The van der Waals surface area contributed by atoms with E-state index in [9.17, 15) is 0 Å². The van der Waals surface area contributed by atoms with Gasteiger partial charge in [-0.3, -0.25) is 5.84 Å². The van der Waals surface area contributed by atoms with Crippen LogP contribution in [-0.4, -0.2) is 0 Å². The van der Waals surface area contributed by atoms with E-state index >= 15 is 0 Å². The van der Waals surface area contributed by atoms with E-state index in [1.165, 1.54) is 11.1 Å². The lowest BCUT2D eigenvalue weighted by Gasteiger charge is -2.33. The van der Waals surface area contributed by atoms with E-state index in [-0.39, 0.29) is 10.8 Å². The fourth-order valence-electron chi connectivity index (χ4n) is 1.77. The van der Waals surface area contributed by atoms with Gasteiger partial charge in [0, 0.05) is 6.20 Å². The van der Waals surface area contributed by atoms with Gasteiger partial charge in [0.05, 0.1) is 0 Å². The van der Waals surface area contributed by atoms with Gasteiger partial charge in [-0.2, -0.15) is 0 Å². The Morgan fingerprint density at radius 2 is 1.33 bits per heavy atom. The highest BCUT2D eigenvalue weighted by atomic mass is 15.2. The Balaban J connectivity index is 5.38. The minimum atomic E-state index is 0.0987. The van der Waals surface area contributed by atoms with Crippen LogP contribution in [0.2, 0.25) is 0 Å². The number of nitrogens with two attached hydrogens (primary N) is 1. The minimum absolute atomic E-state index is 0.0987. The van der Waals surface area contributed by atoms with Crippen LogP contribution in [0.4, 0.5) is 0 Å². The van der Waals surface area contributed by atoms with Crippen molar-refractivity contribution in [2.75, 3.05) is 0 Å². The fourth-order valence-corrected chi connectivity index (χ4v) is 1.77. The van der Waals surface area contributed by atoms with E-state index in [2.05, 4.69) is 60.0 Å². The molecule has 2 nitrogen and oxygen atoms in total. The van der Waals surface area contributed by atoms with Crippen LogP contribution in [0, 0.1) is 10.8 Å². The monoisotopic (exact) mass is 210 g/mol. The highest BCUT2D eigenvalue weighted by Gasteiger charge is 2.27. The fraction of sp³-hybridized carbons (Fsp3) is 0.692. The van der Waals surface area contributed by atoms with Gasteiger partial charge in [0.2, 0.25) is 0 Å². The van der Waals surface area contributed by atoms with Gasteiger partial charge in [-0.25, -0.2) is 0 Å². The third kappa shape index (κ3) is 4.08. The predicted molar refractivity (Wildman–Crippen MR) is 68.1 cm³/mol. The van der Waals surface area contributed by atoms with Crippen LogP contribution in [0.15, 0.2) is 23.4 Å². The molecular weight excluding hydrogens is 184 g/mol. The van der Waals surface area contributed by atoms with Crippen LogP contribution in [0.1, 0.15) is 48.5 Å². The van der Waals surface area contributed by atoms with E-state index < -0.39 is 0 Å². The molecule has 0 aromatic heterocycles. The summed E-state index contributed by atoms with van der Waals surface area (Å²) in [5.74, 6) is 5.41. The van der Waals surface area contributed by atoms with Gasteiger partial charge in [-0.15, -0.1) is 0 Å². The van der Waals surface area contributed by atoms with Gasteiger partial charge in [0.15, 0.2) is 0 Å². The molecule has 0 spiro atoms. The first-order chi connectivity index (χ1) is 6.64. The quantitative estimate of drug-likeness (QED) is 0.416. The number of hydrogen-bond acceptors (Lipinski definition) is 2. The molecule has 0 aromatic rings. The maximum absolute atomic E-state index is 5.41. The Morgan fingerprint density at radius 3 is 1.53 bits per heavy atom. The maximum Gasteiger partial charge on any atom is 0.0163 e. The van der Waals surface area contributed by atoms with Crippen molar-refractivity contribution in [3.63, 3.8) is 0 Å². The summed E-state index contributed by atoms with van der Waals surface area (Å²) in [6, 6.07) is 0. The average Bonchev–Trinajstić information content (AvgIpc) is 2.00. The van der Waals surface area contributed by atoms with E-state index in [1.807, 2.05) is 6.20 Å². The lowest BCUT2D eigenvalue weighted by molar-refractivity contribution is 0.442. The van der Waals surface area contributed by atoms with E-state index in [0.717, 1.165) is 0 Å². The number of hydrogen-bond donors (Lipinski definition) is 2. The van der Waals surface area contributed by atoms with Crippen molar-refractivity contribution in [2.24, 2.45) is 16.7 Å². The van der Waals surface area contributed by atoms with Gasteiger partial charge in [-0.05, 0) is 28.9 Å². The molecule has 0 radical (unpaired) electrons. The number of rotatable bonds is 2.